The maximum Gasteiger partial charge on any atom is 0.222 e. The van der Waals surface area contributed by atoms with Crippen LogP contribution in [0.15, 0.2) is 42.6 Å². The number of benzene rings is 1. The molecule has 106 valence electrons. The van der Waals surface area contributed by atoms with Crippen LogP contribution in [0.5, 0.6) is 0 Å². The van der Waals surface area contributed by atoms with E-state index in [1.54, 1.807) is 0 Å². The van der Waals surface area contributed by atoms with Gasteiger partial charge in [0.15, 0.2) is 0 Å². The van der Waals surface area contributed by atoms with E-state index < -0.39 is 11.6 Å². The number of rotatable bonds is 4. The number of Topliss-reactive ketones (excluding diaryl/α,β-unsaturated/α-hetero) is 1. The van der Waals surface area contributed by atoms with Crippen molar-refractivity contribution in [2.45, 2.75) is 6.92 Å². The molecule has 0 unspecified atom stereocenters. The molecule has 1 aromatic carbocycles. The van der Waals surface area contributed by atoms with Crippen LogP contribution in [-0.2, 0) is 4.79 Å². The Morgan fingerprint density at radius 3 is 2.43 bits per heavy atom. The van der Waals surface area contributed by atoms with Gasteiger partial charge in [-0.2, -0.15) is 0 Å². The van der Waals surface area contributed by atoms with Crippen molar-refractivity contribution in [2.75, 3.05) is 5.32 Å². The first-order valence-corrected chi connectivity index (χ1v) is 6.10. The number of carbonyl (C=O) groups is 2. The molecule has 0 fully saturated rings. The summed E-state index contributed by atoms with van der Waals surface area (Å²) in [4.78, 5) is 27.1. The minimum Gasteiger partial charge on any atom is -0.311 e. The number of carbonyl (C=O) groups excluding carboxylic acids is 2. The van der Waals surface area contributed by atoms with E-state index in [4.69, 9.17) is 5.41 Å². The lowest BCUT2D eigenvalue weighted by Gasteiger charge is -2.06. The summed E-state index contributed by atoms with van der Waals surface area (Å²) < 4.78 is 12.8. The van der Waals surface area contributed by atoms with Gasteiger partial charge < -0.3 is 5.32 Å². The van der Waals surface area contributed by atoms with Crippen molar-refractivity contribution in [1.29, 1.82) is 5.41 Å². The highest BCUT2D eigenvalue weighted by Crippen LogP contribution is 2.12. The van der Waals surface area contributed by atoms with E-state index >= 15 is 0 Å². The maximum absolute atomic E-state index is 12.8. The van der Waals surface area contributed by atoms with Gasteiger partial charge in [0.25, 0.3) is 0 Å². The second kappa shape index (κ2) is 6.04. The maximum atomic E-state index is 12.8. The summed E-state index contributed by atoms with van der Waals surface area (Å²) in [5.41, 5.74) is 0.289. The van der Waals surface area contributed by atoms with Crippen LogP contribution in [0, 0.1) is 11.2 Å². The molecule has 0 saturated heterocycles. The van der Waals surface area contributed by atoms with Crippen LogP contribution in [0.2, 0.25) is 0 Å². The van der Waals surface area contributed by atoms with E-state index in [9.17, 15) is 14.0 Å². The average Bonchev–Trinajstić information content (AvgIpc) is 2.46. The summed E-state index contributed by atoms with van der Waals surface area (Å²) in [6, 6.07) is 7.95. The van der Waals surface area contributed by atoms with Gasteiger partial charge in [0.1, 0.15) is 17.3 Å². The summed E-state index contributed by atoms with van der Waals surface area (Å²) in [6.45, 7) is 1.33. The number of halogens is 1. The fraction of sp³-hybridized carbons (Fsp3) is 0.0667. The Hall–Kier alpha value is -2.89. The average molecular weight is 285 g/mol. The molecule has 0 spiro atoms. The number of hydrogen-bond donors (Lipinski definition) is 2. The van der Waals surface area contributed by atoms with Crippen LogP contribution < -0.4 is 5.32 Å². The smallest absolute Gasteiger partial charge is 0.222 e. The zero-order valence-electron chi connectivity index (χ0n) is 11.2. The van der Waals surface area contributed by atoms with Crippen molar-refractivity contribution in [2.24, 2.45) is 0 Å². The third-order valence-corrected chi connectivity index (χ3v) is 2.69. The van der Waals surface area contributed by atoms with Crippen LogP contribution in [0.4, 0.5) is 10.2 Å². The van der Waals surface area contributed by atoms with Gasteiger partial charge in [-0.25, -0.2) is 9.37 Å². The van der Waals surface area contributed by atoms with Crippen molar-refractivity contribution >= 4 is 23.2 Å². The number of aromatic nitrogens is 1. The van der Waals surface area contributed by atoms with Crippen molar-refractivity contribution in [3.05, 3.63) is 59.5 Å². The van der Waals surface area contributed by atoms with Gasteiger partial charge in [0, 0.05) is 24.2 Å². The van der Waals surface area contributed by atoms with Crippen LogP contribution in [0.25, 0.3) is 0 Å². The lowest BCUT2D eigenvalue weighted by Crippen LogP contribution is -2.15. The molecule has 5 nitrogen and oxygen atoms in total. The summed E-state index contributed by atoms with van der Waals surface area (Å²) in [5.74, 6) is -1.03. The molecule has 0 bridgehead atoms. The van der Waals surface area contributed by atoms with Gasteiger partial charge in [-0.3, -0.25) is 15.0 Å². The first-order valence-electron chi connectivity index (χ1n) is 6.10. The number of pyridine rings is 1. The number of hydrogen-bond acceptors (Lipinski definition) is 4. The number of amides is 1. The molecule has 0 aliphatic heterocycles. The zero-order chi connectivity index (χ0) is 15.4. The van der Waals surface area contributed by atoms with Crippen LogP contribution >= 0.6 is 0 Å². The zero-order valence-corrected chi connectivity index (χ0v) is 11.2. The highest BCUT2D eigenvalue weighted by Gasteiger charge is 2.15. The van der Waals surface area contributed by atoms with Crippen LogP contribution in [-0.4, -0.2) is 22.4 Å². The first kappa shape index (κ1) is 14.5. The minimum absolute atomic E-state index is 0.225. The fourth-order valence-electron chi connectivity index (χ4n) is 1.71. The molecule has 0 atom stereocenters. The normalized spacial score (nSPS) is 10.0. The van der Waals surface area contributed by atoms with Crippen LogP contribution in [0.3, 0.4) is 0 Å². The lowest BCUT2D eigenvalue weighted by atomic mass is 10.0. The molecule has 21 heavy (non-hydrogen) atoms. The highest BCUT2D eigenvalue weighted by molar-refractivity contribution is 6.50. The molecule has 0 aliphatic rings. The second-order valence-electron chi connectivity index (χ2n) is 4.32. The Balaban J connectivity index is 2.25. The van der Waals surface area contributed by atoms with Gasteiger partial charge in [-0.1, -0.05) is 0 Å². The van der Waals surface area contributed by atoms with Crippen LogP contribution in [0.1, 0.15) is 22.8 Å². The molecule has 0 radical (unpaired) electrons. The van der Waals surface area contributed by atoms with Crippen molar-refractivity contribution in [3.8, 4) is 0 Å². The third kappa shape index (κ3) is 3.56. The Morgan fingerprint density at radius 1 is 1.14 bits per heavy atom. The molecule has 1 aromatic heterocycles. The summed E-state index contributed by atoms with van der Waals surface area (Å²) in [6.07, 6.45) is 1.37. The van der Waals surface area contributed by atoms with Crippen molar-refractivity contribution in [3.63, 3.8) is 0 Å². The van der Waals surface area contributed by atoms with Crippen molar-refractivity contribution in [1.82, 2.24) is 4.98 Å². The topological polar surface area (TPSA) is 82.9 Å². The molecule has 2 N–H and O–H groups in total. The standard InChI is InChI=1S/C15H12FN3O2/c1-9(20)19-13-8-11(6-7-18-13)15(21)14(17)10-2-4-12(16)5-3-10/h2-8,17H,1H3,(H,18,19,20). The Kier molecular flexibility index (Phi) is 4.18. The number of nitrogens with zero attached hydrogens (tertiary/aromatic N) is 1. The number of nitrogens with one attached hydrogen (secondary N) is 2. The van der Waals surface area contributed by atoms with Gasteiger partial charge in [0.2, 0.25) is 11.7 Å². The Labute approximate surface area is 120 Å². The predicted molar refractivity (Wildman–Crippen MR) is 76.1 cm³/mol. The van der Waals surface area contributed by atoms with E-state index in [1.807, 2.05) is 0 Å². The van der Waals surface area contributed by atoms with Gasteiger partial charge in [-0.05, 0) is 36.4 Å². The third-order valence-electron chi connectivity index (χ3n) is 2.69. The highest BCUT2D eigenvalue weighted by atomic mass is 19.1. The molecule has 2 rings (SSSR count). The van der Waals surface area contributed by atoms with Gasteiger partial charge in [0.05, 0.1) is 0 Å². The lowest BCUT2D eigenvalue weighted by molar-refractivity contribution is -0.114. The van der Waals surface area contributed by atoms with Gasteiger partial charge in [-0.15, -0.1) is 0 Å². The van der Waals surface area contributed by atoms with E-state index in [1.165, 1.54) is 49.5 Å². The Morgan fingerprint density at radius 2 is 1.81 bits per heavy atom. The molecule has 0 saturated carbocycles. The first-order chi connectivity index (χ1) is 9.97. The van der Waals surface area contributed by atoms with Crippen molar-refractivity contribution < 1.29 is 14.0 Å². The number of anilines is 1. The fourth-order valence-corrected chi connectivity index (χ4v) is 1.71. The molecule has 1 amide bonds. The Bertz CT molecular complexity index is 711. The minimum atomic E-state index is -0.532. The summed E-state index contributed by atoms with van der Waals surface area (Å²) >= 11 is 0. The van der Waals surface area contributed by atoms with E-state index in [0.717, 1.165) is 0 Å². The van der Waals surface area contributed by atoms with E-state index in [0.29, 0.717) is 5.56 Å². The quantitative estimate of drug-likeness (QED) is 0.668. The predicted octanol–water partition coefficient (Wildman–Crippen LogP) is 2.43. The molecular formula is C15H12FN3O2. The summed E-state index contributed by atoms with van der Waals surface area (Å²) in [7, 11) is 0. The van der Waals surface area contributed by atoms with E-state index in [2.05, 4.69) is 10.3 Å². The summed E-state index contributed by atoms with van der Waals surface area (Å²) in [5, 5.41) is 10.3. The van der Waals surface area contributed by atoms with Gasteiger partial charge >= 0.3 is 0 Å². The number of ketones is 1. The monoisotopic (exact) mass is 285 g/mol. The second-order valence-corrected chi connectivity index (χ2v) is 4.32. The molecule has 6 heteroatoms. The largest absolute Gasteiger partial charge is 0.311 e. The molecule has 1 heterocycles. The SMILES string of the molecule is CC(=O)Nc1cc(C(=O)C(=N)c2ccc(F)cc2)ccn1. The molecular weight excluding hydrogens is 273 g/mol. The molecule has 2 aromatic rings. The van der Waals surface area contributed by atoms with E-state index in [-0.39, 0.29) is 23.0 Å². The molecule has 0 aliphatic carbocycles.